The molecule has 0 radical (unpaired) electrons. The van der Waals surface area contributed by atoms with Crippen LogP contribution in [0.5, 0.6) is 0 Å². The van der Waals surface area contributed by atoms with E-state index in [0.29, 0.717) is 6.54 Å². The van der Waals surface area contributed by atoms with Crippen LogP contribution in [0, 0.1) is 11.8 Å². The summed E-state index contributed by atoms with van der Waals surface area (Å²) in [6, 6.07) is 0. The van der Waals surface area contributed by atoms with Gasteiger partial charge in [-0.3, -0.25) is 9.59 Å². The highest BCUT2D eigenvalue weighted by atomic mass is 16.2. The minimum absolute atomic E-state index is 0.0787. The summed E-state index contributed by atoms with van der Waals surface area (Å²) < 4.78 is 0. The number of rotatable bonds is 4. The number of amides is 1. The summed E-state index contributed by atoms with van der Waals surface area (Å²) in [5.74, 6) is 0.524. The molecule has 3 heteroatoms. The molecule has 1 saturated heterocycles. The number of likely N-dealkylation sites (tertiary alicyclic amines) is 1. The Hall–Kier alpha value is -0.860. The molecule has 15 heavy (non-hydrogen) atoms. The van der Waals surface area contributed by atoms with E-state index in [-0.39, 0.29) is 23.5 Å². The maximum absolute atomic E-state index is 11.7. The minimum atomic E-state index is 0.0787. The van der Waals surface area contributed by atoms with Crippen molar-refractivity contribution in [3.8, 4) is 0 Å². The van der Waals surface area contributed by atoms with Gasteiger partial charge in [0.15, 0.2) is 5.78 Å². The number of hydrogen-bond acceptors (Lipinski definition) is 2. The zero-order valence-electron chi connectivity index (χ0n) is 9.95. The van der Waals surface area contributed by atoms with Gasteiger partial charge in [0.1, 0.15) is 0 Å². The average molecular weight is 211 g/mol. The lowest BCUT2D eigenvalue weighted by Gasteiger charge is -2.30. The summed E-state index contributed by atoms with van der Waals surface area (Å²) in [5, 5.41) is 0. The minimum Gasteiger partial charge on any atom is -0.335 e. The van der Waals surface area contributed by atoms with E-state index in [1.165, 1.54) is 0 Å². The molecule has 1 amide bonds. The predicted octanol–water partition coefficient (Wildman–Crippen LogP) is 1.86. The first-order valence-corrected chi connectivity index (χ1v) is 5.87. The van der Waals surface area contributed by atoms with Crippen molar-refractivity contribution >= 4 is 11.7 Å². The Morgan fingerprint density at radius 3 is 2.87 bits per heavy atom. The Morgan fingerprint density at radius 2 is 2.27 bits per heavy atom. The van der Waals surface area contributed by atoms with Gasteiger partial charge in [-0.2, -0.15) is 0 Å². The van der Waals surface area contributed by atoms with E-state index < -0.39 is 0 Å². The summed E-state index contributed by atoms with van der Waals surface area (Å²) in [6.45, 7) is 6.95. The average Bonchev–Trinajstić information content (AvgIpc) is 2.23. The Kier molecular flexibility index (Phi) is 4.30. The summed E-state index contributed by atoms with van der Waals surface area (Å²) in [5.41, 5.74) is 0. The van der Waals surface area contributed by atoms with Crippen LogP contribution in [0.4, 0.5) is 0 Å². The monoisotopic (exact) mass is 211 g/mol. The van der Waals surface area contributed by atoms with Gasteiger partial charge in [-0.15, -0.1) is 0 Å². The van der Waals surface area contributed by atoms with E-state index in [9.17, 15) is 9.59 Å². The molecule has 0 aromatic carbocycles. The molecule has 1 heterocycles. The molecule has 0 aliphatic carbocycles. The molecule has 1 aliphatic heterocycles. The number of nitrogens with zero attached hydrogens (tertiary/aromatic N) is 1. The largest absolute Gasteiger partial charge is 0.335 e. The molecule has 1 rings (SSSR count). The fourth-order valence-electron chi connectivity index (χ4n) is 1.86. The van der Waals surface area contributed by atoms with Crippen LogP contribution in [-0.4, -0.2) is 29.7 Å². The van der Waals surface area contributed by atoms with Crippen LogP contribution in [0.1, 0.15) is 40.0 Å². The summed E-state index contributed by atoms with van der Waals surface area (Å²) in [4.78, 5) is 25.2. The van der Waals surface area contributed by atoms with Crippen LogP contribution in [0.2, 0.25) is 0 Å². The molecule has 86 valence electrons. The van der Waals surface area contributed by atoms with E-state index in [4.69, 9.17) is 0 Å². The third-order valence-corrected chi connectivity index (χ3v) is 3.31. The van der Waals surface area contributed by atoms with Crippen LogP contribution < -0.4 is 0 Å². The normalized spacial score (nSPS) is 24.1. The third-order valence-electron chi connectivity index (χ3n) is 3.31. The predicted molar refractivity (Wildman–Crippen MR) is 59.4 cm³/mol. The van der Waals surface area contributed by atoms with Crippen LogP contribution >= 0.6 is 0 Å². The van der Waals surface area contributed by atoms with Gasteiger partial charge in [-0.1, -0.05) is 20.8 Å². The first-order valence-electron chi connectivity index (χ1n) is 5.87. The fourth-order valence-corrected chi connectivity index (χ4v) is 1.86. The van der Waals surface area contributed by atoms with Gasteiger partial charge in [-0.05, 0) is 19.3 Å². The Morgan fingerprint density at radius 1 is 1.60 bits per heavy atom. The lowest BCUT2D eigenvalue weighted by molar-refractivity contribution is -0.141. The van der Waals surface area contributed by atoms with Crippen molar-refractivity contribution in [3.05, 3.63) is 0 Å². The second kappa shape index (κ2) is 5.29. The highest BCUT2D eigenvalue weighted by Gasteiger charge is 2.27. The van der Waals surface area contributed by atoms with Crippen molar-refractivity contribution in [2.45, 2.75) is 40.0 Å². The van der Waals surface area contributed by atoms with Gasteiger partial charge >= 0.3 is 0 Å². The van der Waals surface area contributed by atoms with E-state index in [2.05, 4.69) is 0 Å². The molecule has 0 bridgehead atoms. The second-order valence-electron chi connectivity index (χ2n) is 4.58. The third kappa shape index (κ3) is 3.05. The van der Waals surface area contributed by atoms with E-state index >= 15 is 0 Å². The highest BCUT2D eigenvalue weighted by Crippen LogP contribution is 2.17. The molecule has 1 aliphatic rings. The number of Topliss-reactive ketones (excluding diaryl/α,β-unsaturated/α-hetero) is 1. The van der Waals surface area contributed by atoms with Gasteiger partial charge < -0.3 is 4.90 Å². The van der Waals surface area contributed by atoms with Crippen molar-refractivity contribution < 1.29 is 9.59 Å². The molecule has 2 unspecified atom stereocenters. The van der Waals surface area contributed by atoms with Crippen molar-refractivity contribution in [3.63, 3.8) is 0 Å². The van der Waals surface area contributed by atoms with Gasteiger partial charge in [0.25, 0.3) is 0 Å². The smallest absolute Gasteiger partial charge is 0.225 e. The van der Waals surface area contributed by atoms with Gasteiger partial charge in [0, 0.05) is 18.4 Å². The number of carbonyl (C=O) groups excluding carboxylic acids is 2. The molecule has 0 aromatic rings. The first-order chi connectivity index (χ1) is 7.06. The van der Waals surface area contributed by atoms with Crippen molar-refractivity contribution in [2.75, 3.05) is 13.1 Å². The summed E-state index contributed by atoms with van der Waals surface area (Å²) in [7, 11) is 0. The van der Waals surface area contributed by atoms with Gasteiger partial charge in [0.2, 0.25) is 5.91 Å². The highest BCUT2D eigenvalue weighted by molar-refractivity contribution is 5.88. The standard InChI is InChI=1S/C12H21NO2/c1-4-9(2)11(14)8-13-7-5-6-10(3)12(13)15/h9-10H,4-8H2,1-3H3. The molecule has 0 N–H and O–H groups in total. The van der Waals surface area contributed by atoms with Crippen LogP contribution in [0.15, 0.2) is 0 Å². The van der Waals surface area contributed by atoms with E-state index in [1.54, 1.807) is 4.90 Å². The van der Waals surface area contributed by atoms with Crippen LogP contribution in [0.25, 0.3) is 0 Å². The number of piperidine rings is 1. The number of carbonyl (C=O) groups is 2. The molecule has 0 spiro atoms. The number of ketones is 1. The van der Waals surface area contributed by atoms with Crippen molar-refractivity contribution in [1.82, 2.24) is 4.90 Å². The quantitative estimate of drug-likeness (QED) is 0.711. The van der Waals surface area contributed by atoms with Crippen molar-refractivity contribution in [2.24, 2.45) is 11.8 Å². The lowest BCUT2D eigenvalue weighted by Crippen LogP contribution is -2.43. The summed E-state index contributed by atoms with van der Waals surface area (Å²) in [6.07, 6.45) is 2.85. The maximum Gasteiger partial charge on any atom is 0.225 e. The second-order valence-corrected chi connectivity index (χ2v) is 4.58. The Bertz CT molecular complexity index is 250. The van der Waals surface area contributed by atoms with Crippen LogP contribution in [-0.2, 0) is 9.59 Å². The van der Waals surface area contributed by atoms with E-state index in [1.807, 2.05) is 20.8 Å². The van der Waals surface area contributed by atoms with Crippen LogP contribution in [0.3, 0.4) is 0 Å². The van der Waals surface area contributed by atoms with Crippen molar-refractivity contribution in [1.29, 1.82) is 0 Å². The molecular weight excluding hydrogens is 190 g/mol. The first kappa shape index (κ1) is 12.2. The summed E-state index contributed by atoms with van der Waals surface area (Å²) >= 11 is 0. The Labute approximate surface area is 91.8 Å². The zero-order valence-corrected chi connectivity index (χ0v) is 9.95. The molecule has 0 aromatic heterocycles. The molecule has 3 nitrogen and oxygen atoms in total. The maximum atomic E-state index is 11.7. The molecule has 2 atom stereocenters. The molecule has 0 saturated carbocycles. The van der Waals surface area contributed by atoms with E-state index in [0.717, 1.165) is 25.8 Å². The molecular formula is C12H21NO2. The number of hydrogen-bond donors (Lipinski definition) is 0. The Balaban J connectivity index is 2.50. The SMILES string of the molecule is CCC(C)C(=O)CN1CCCC(C)C1=O. The zero-order chi connectivity index (χ0) is 11.4. The lowest BCUT2D eigenvalue weighted by atomic mass is 9.97. The van der Waals surface area contributed by atoms with Gasteiger partial charge in [-0.25, -0.2) is 0 Å². The topological polar surface area (TPSA) is 37.4 Å². The fraction of sp³-hybridized carbons (Fsp3) is 0.833. The molecule has 1 fully saturated rings. The van der Waals surface area contributed by atoms with Gasteiger partial charge in [0.05, 0.1) is 6.54 Å².